The van der Waals surface area contributed by atoms with Crippen LogP contribution in [0.25, 0.3) is 0 Å². The van der Waals surface area contributed by atoms with Crippen molar-refractivity contribution in [1.29, 1.82) is 0 Å². The summed E-state index contributed by atoms with van der Waals surface area (Å²) >= 11 is 0. The average molecular weight is 261 g/mol. The molecule has 0 aromatic carbocycles. The van der Waals surface area contributed by atoms with Crippen molar-refractivity contribution < 1.29 is 4.79 Å². The van der Waals surface area contributed by atoms with Crippen molar-refractivity contribution in [3.8, 4) is 0 Å². The van der Waals surface area contributed by atoms with Crippen LogP contribution in [0.15, 0.2) is 6.07 Å². The summed E-state index contributed by atoms with van der Waals surface area (Å²) in [6.07, 6.45) is 1.95. The molecule has 4 heteroatoms. The summed E-state index contributed by atoms with van der Waals surface area (Å²) in [5.41, 5.74) is 4.54. The van der Waals surface area contributed by atoms with E-state index >= 15 is 0 Å². The molecule has 1 amide bonds. The number of piperidine rings is 1. The Morgan fingerprint density at radius 1 is 1.42 bits per heavy atom. The molecule has 1 aliphatic rings. The van der Waals surface area contributed by atoms with E-state index in [1.165, 1.54) is 11.1 Å². The fourth-order valence-corrected chi connectivity index (χ4v) is 3.00. The molecule has 1 fully saturated rings. The predicted molar refractivity (Wildman–Crippen MR) is 76.0 cm³/mol. The number of amides is 1. The first-order valence-corrected chi connectivity index (χ1v) is 6.97. The second-order valence-corrected chi connectivity index (χ2v) is 5.45. The number of pyridine rings is 1. The first kappa shape index (κ1) is 14.0. The zero-order chi connectivity index (χ0) is 14.0. The van der Waals surface area contributed by atoms with Gasteiger partial charge in [0.1, 0.15) is 0 Å². The zero-order valence-corrected chi connectivity index (χ0v) is 12.2. The molecule has 0 bridgehead atoms. The summed E-state index contributed by atoms with van der Waals surface area (Å²) < 4.78 is 0. The maximum absolute atomic E-state index is 11.8. The highest BCUT2D eigenvalue weighted by molar-refractivity contribution is 5.82. The molecule has 104 valence electrons. The minimum atomic E-state index is -0.0798. The normalized spacial score (nSPS) is 21.1. The number of rotatable bonds is 3. The lowest BCUT2D eigenvalue weighted by Crippen LogP contribution is -2.49. The van der Waals surface area contributed by atoms with Crippen LogP contribution in [0, 0.1) is 20.8 Å². The van der Waals surface area contributed by atoms with E-state index in [-0.39, 0.29) is 18.0 Å². The Bertz CT molecular complexity index is 461. The fraction of sp³-hybridized carbons (Fsp3) is 0.600. The second-order valence-electron chi connectivity index (χ2n) is 5.45. The van der Waals surface area contributed by atoms with Crippen LogP contribution in [-0.2, 0) is 4.79 Å². The van der Waals surface area contributed by atoms with Crippen LogP contribution >= 0.6 is 0 Å². The SMILES string of the molecule is Cc1cc(C)c(C(C)NC2CCCNC2=O)c(C)n1. The molecule has 2 atom stereocenters. The number of hydrogen-bond donors (Lipinski definition) is 2. The maximum Gasteiger partial charge on any atom is 0.237 e. The molecule has 1 aromatic heterocycles. The molecule has 0 saturated carbocycles. The number of nitrogens with zero attached hydrogens (tertiary/aromatic N) is 1. The van der Waals surface area contributed by atoms with Gasteiger partial charge in [-0.2, -0.15) is 0 Å². The van der Waals surface area contributed by atoms with Crippen molar-refractivity contribution in [3.63, 3.8) is 0 Å². The van der Waals surface area contributed by atoms with Gasteiger partial charge in [0.25, 0.3) is 0 Å². The molecule has 2 rings (SSSR count). The highest BCUT2D eigenvalue weighted by Crippen LogP contribution is 2.22. The topological polar surface area (TPSA) is 54.0 Å². The van der Waals surface area contributed by atoms with Crippen LogP contribution in [0.3, 0.4) is 0 Å². The number of aryl methyl sites for hydroxylation is 3. The lowest BCUT2D eigenvalue weighted by Gasteiger charge is -2.27. The predicted octanol–water partition coefficient (Wildman–Crippen LogP) is 1.94. The Labute approximate surface area is 115 Å². The molecule has 0 spiro atoms. The van der Waals surface area contributed by atoms with E-state index in [4.69, 9.17) is 0 Å². The summed E-state index contributed by atoms with van der Waals surface area (Å²) in [7, 11) is 0. The summed E-state index contributed by atoms with van der Waals surface area (Å²) in [5.74, 6) is 0.119. The molecule has 19 heavy (non-hydrogen) atoms. The summed E-state index contributed by atoms with van der Waals surface area (Å²) in [4.78, 5) is 16.3. The highest BCUT2D eigenvalue weighted by atomic mass is 16.2. The smallest absolute Gasteiger partial charge is 0.237 e. The van der Waals surface area contributed by atoms with Crippen molar-refractivity contribution in [3.05, 3.63) is 28.6 Å². The Kier molecular flexibility index (Phi) is 4.20. The first-order valence-electron chi connectivity index (χ1n) is 6.97. The number of carbonyl (C=O) groups is 1. The quantitative estimate of drug-likeness (QED) is 0.874. The van der Waals surface area contributed by atoms with Crippen molar-refractivity contribution >= 4 is 5.91 Å². The van der Waals surface area contributed by atoms with Gasteiger partial charge in [-0.25, -0.2) is 0 Å². The lowest BCUT2D eigenvalue weighted by molar-refractivity contribution is -0.124. The number of aromatic nitrogens is 1. The molecule has 0 radical (unpaired) electrons. The highest BCUT2D eigenvalue weighted by Gasteiger charge is 2.24. The van der Waals surface area contributed by atoms with Crippen molar-refractivity contribution in [2.75, 3.05) is 6.54 Å². The van der Waals surface area contributed by atoms with Crippen LogP contribution < -0.4 is 10.6 Å². The van der Waals surface area contributed by atoms with Crippen LogP contribution in [-0.4, -0.2) is 23.5 Å². The molecule has 2 heterocycles. The average Bonchev–Trinajstić information content (AvgIpc) is 2.30. The Balaban J connectivity index is 2.15. The van der Waals surface area contributed by atoms with Crippen LogP contribution in [0.2, 0.25) is 0 Å². The third-order valence-corrected chi connectivity index (χ3v) is 3.75. The Hall–Kier alpha value is -1.42. The van der Waals surface area contributed by atoms with E-state index in [0.717, 1.165) is 30.8 Å². The van der Waals surface area contributed by atoms with Gasteiger partial charge in [0.15, 0.2) is 0 Å². The molecule has 1 aliphatic heterocycles. The standard InChI is InChI=1S/C15H23N3O/c1-9-8-10(2)17-11(3)14(9)12(4)18-13-6-5-7-16-15(13)19/h8,12-13,18H,5-7H2,1-4H3,(H,16,19). The van der Waals surface area contributed by atoms with E-state index in [0.29, 0.717) is 0 Å². The monoisotopic (exact) mass is 261 g/mol. The fourth-order valence-electron chi connectivity index (χ4n) is 3.00. The lowest BCUT2D eigenvalue weighted by atomic mass is 9.98. The summed E-state index contributed by atoms with van der Waals surface area (Å²) in [6.45, 7) is 9.06. The van der Waals surface area contributed by atoms with Gasteiger partial charge in [0.2, 0.25) is 5.91 Å². The minimum absolute atomic E-state index is 0.0798. The van der Waals surface area contributed by atoms with Gasteiger partial charge in [-0.3, -0.25) is 15.1 Å². The molecule has 0 aliphatic carbocycles. The Morgan fingerprint density at radius 2 is 2.16 bits per heavy atom. The number of nitrogens with one attached hydrogen (secondary N) is 2. The van der Waals surface area contributed by atoms with Gasteiger partial charge in [-0.05, 0) is 57.7 Å². The molecule has 1 aromatic rings. The van der Waals surface area contributed by atoms with Gasteiger partial charge in [-0.15, -0.1) is 0 Å². The third kappa shape index (κ3) is 3.13. The van der Waals surface area contributed by atoms with E-state index in [2.05, 4.69) is 35.5 Å². The van der Waals surface area contributed by atoms with Gasteiger partial charge in [-0.1, -0.05) is 0 Å². The molecular weight excluding hydrogens is 238 g/mol. The summed E-state index contributed by atoms with van der Waals surface area (Å²) in [6, 6.07) is 2.16. The third-order valence-electron chi connectivity index (χ3n) is 3.75. The summed E-state index contributed by atoms with van der Waals surface area (Å²) in [5, 5.41) is 6.34. The first-order chi connectivity index (χ1) is 8.99. The number of hydrogen-bond acceptors (Lipinski definition) is 3. The molecular formula is C15H23N3O. The molecule has 4 nitrogen and oxygen atoms in total. The van der Waals surface area contributed by atoms with E-state index in [1.807, 2.05) is 13.8 Å². The molecule has 2 unspecified atom stereocenters. The van der Waals surface area contributed by atoms with Crippen LogP contribution in [0.4, 0.5) is 0 Å². The zero-order valence-electron chi connectivity index (χ0n) is 12.2. The minimum Gasteiger partial charge on any atom is -0.355 e. The van der Waals surface area contributed by atoms with Gasteiger partial charge >= 0.3 is 0 Å². The molecule has 1 saturated heterocycles. The van der Waals surface area contributed by atoms with E-state index in [9.17, 15) is 4.79 Å². The number of carbonyl (C=O) groups excluding carboxylic acids is 1. The largest absolute Gasteiger partial charge is 0.355 e. The maximum atomic E-state index is 11.8. The second kappa shape index (κ2) is 5.70. The van der Waals surface area contributed by atoms with Gasteiger partial charge < -0.3 is 5.32 Å². The van der Waals surface area contributed by atoms with E-state index in [1.54, 1.807) is 0 Å². The van der Waals surface area contributed by atoms with Crippen LogP contribution in [0.5, 0.6) is 0 Å². The molecule has 2 N–H and O–H groups in total. The van der Waals surface area contributed by atoms with E-state index < -0.39 is 0 Å². The Morgan fingerprint density at radius 3 is 2.79 bits per heavy atom. The van der Waals surface area contributed by atoms with Crippen molar-refractivity contribution in [2.24, 2.45) is 0 Å². The van der Waals surface area contributed by atoms with Crippen molar-refractivity contribution in [1.82, 2.24) is 15.6 Å². The van der Waals surface area contributed by atoms with Crippen molar-refractivity contribution in [2.45, 2.75) is 52.6 Å². The van der Waals surface area contributed by atoms with Gasteiger partial charge in [0.05, 0.1) is 6.04 Å². The van der Waals surface area contributed by atoms with Gasteiger partial charge in [0, 0.05) is 24.0 Å². The van der Waals surface area contributed by atoms with Crippen LogP contribution in [0.1, 0.15) is 48.3 Å².